The lowest BCUT2D eigenvalue weighted by atomic mass is 10.2. The molecule has 3 rings (SSSR count). The Labute approximate surface area is 160 Å². The van der Waals surface area contributed by atoms with Crippen LogP contribution in [0.1, 0.15) is 5.56 Å². The number of benzene rings is 1. The molecule has 0 aliphatic heterocycles. The zero-order chi connectivity index (χ0) is 20.5. The number of anilines is 1. The van der Waals surface area contributed by atoms with Crippen LogP contribution < -0.4 is 9.64 Å². The van der Waals surface area contributed by atoms with E-state index in [4.69, 9.17) is 4.74 Å². The third-order valence-corrected chi connectivity index (χ3v) is 4.62. The number of aliphatic hydroxyl groups is 1. The van der Waals surface area contributed by atoms with Crippen molar-refractivity contribution < 1.29 is 27.9 Å². The van der Waals surface area contributed by atoms with Gasteiger partial charge in [0.1, 0.15) is 24.7 Å². The number of hydrogen-bond acceptors (Lipinski definition) is 7. The van der Waals surface area contributed by atoms with Crippen molar-refractivity contribution in [2.45, 2.75) is 12.3 Å². The third kappa shape index (κ3) is 4.17. The Bertz CT molecular complexity index is 971. The lowest BCUT2D eigenvalue weighted by Crippen LogP contribution is -2.33. The molecule has 0 saturated heterocycles. The minimum Gasteiger partial charge on any atom is -0.491 e. The average Bonchev–Trinajstić information content (AvgIpc) is 3.20. The summed E-state index contributed by atoms with van der Waals surface area (Å²) >= 11 is 1.24. The first-order valence-electron chi connectivity index (χ1n) is 7.96. The van der Waals surface area contributed by atoms with Crippen molar-refractivity contribution in [3.05, 3.63) is 51.5 Å². The summed E-state index contributed by atoms with van der Waals surface area (Å²) in [6.07, 6.45) is -3.95. The fourth-order valence-electron chi connectivity index (χ4n) is 2.58. The van der Waals surface area contributed by atoms with Gasteiger partial charge in [0, 0.05) is 19.0 Å². The Morgan fingerprint density at radius 3 is 2.68 bits per heavy atom. The average molecular weight is 416 g/mol. The van der Waals surface area contributed by atoms with Gasteiger partial charge in [0.25, 0.3) is 4.96 Å². The second-order valence-corrected chi connectivity index (χ2v) is 6.81. The number of halogens is 3. The molecule has 0 aliphatic rings. The maximum absolute atomic E-state index is 12.5. The first-order valence-corrected chi connectivity index (χ1v) is 8.84. The van der Waals surface area contributed by atoms with E-state index >= 15 is 0 Å². The molecule has 0 radical (unpaired) electrons. The van der Waals surface area contributed by atoms with Gasteiger partial charge < -0.3 is 24.9 Å². The zero-order valence-corrected chi connectivity index (χ0v) is 15.3. The lowest BCUT2D eigenvalue weighted by molar-refractivity contribution is -0.389. The Hall–Kier alpha value is -2.86. The van der Waals surface area contributed by atoms with Gasteiger partial charge in [0.05, 0.1) is 5.56 Å². The van der Waals surface area contributed by atoms with Gasteiger partial charge in [-0.15, -0.1) is 0 Å². The van der Waals surface area contributed by atoms with E-state index in [0.717, 1.165) is 24.3 Å². The fourth-order valence-corrected chi connectivity index (χ4v) is 3.28. The molecule has 0 unspecified atom stereocenters. The van der Waals surface area contributed by atoms with Crippen LogP contribution in [0.25, 0.3) is 4.96 Å². The molecular weight excluding hydrogens is 401 g/mol. The summed E-state index contributed by atoms with van der Waals surface area (Å²) < 4.78 is 44.3. The van der Waals surface area contributed by atoms with Crippen LogP contribution in [-0.2, 0) is 6.18 Å². The normalized spacial score (nSPS) is 12.9. The van der Waals surface area contributed by atoms with Crippen molar-refractivity contribution in [3.63, 3.8) is 0 Å². The molecule has 0 bridgehead atoms. The standard InChI is InChI=1S/C16H15F3N4O4S/c1-21(13-14(23(25)26)22-6-7-28-15(22)20-13)8-11(24)9-27-12-4-2-10(3-5-12)16(17,18)19/h2-7,11,24H,8-9H2,1H3/t11-/m1/s1. The molecule has 1 atom stereocenters. The molecule has 2 aromatic heterocycles. The Kier molecular flexibility index (Phi) is 5.42. The maximum atomic E-state index is 12.5. The van der Waals surface area contributed by atoms with E-state index in [9.17, 15) is 28.4 Å². The number of fused-ring (bicyclic) bond motifs is 1. The minimum atomic E-state index is -4.44. The maximum Gasteiger partial charge on any atom is 0.416 e. The van der Waals surface area contributed by atoms with Crippen molar-refractivity contribution in [2.24, 2.45) is 0 Å². The molecule has 1 aromatic carbocycles. The summed E-state index contributed by atoms with van der Waals surface area (Å²) in [5, 5.41) is 23.2. The number of nitro groups is 1. The summed E-state index contributed by atoms with van der Waals surface area (Å²) in [4.78, 5) is 16.9. The quantitative estimate of drug-likeness (QED) is 0.470. The number of thiazole rings is 1. The SMILES string of the molecule is CN(C[C@@H](O)COc1ccc(C(F)(F)F)cc1)c1nc2sccn2c1[N+](=O)[O-]. The van der Waals surface area contributed by atoms with E-state index < -0.39 is 22.8 Å². The fraction of sp³-hybridized carbons (Fsp3) is 0.312. The van der Waals surface area contributed by atoms with Crippen molar-refractivity contribution in [1.82, 2.24) is 9.38 Å². The Balaban J connectivity index is 1.62. The highest BCUT2D eigenvalue weighted by Gasteiger charge is 2.30. The van der Waals surface area contributed by atoms with Gasteiger partial charge in [-0.3, -0.25) is 0 Å². The summed E-state index contributed by atoms with van der Waals surface area (Å²) in [5.41, 5.74) is -0.799. The number of aromatic nitrogens is 2. The van der Waals surface area contributed by atoms with Crippen molar-refractivity contribution in [3.8, 4) is 5.75 Å². The first-order chi connectivity index (χ1) is 13.2. The van der Waals surface area contributed by atoms with E-state index in [0.29, 0.717) is 4.96 Å². The van der Waals surface area contributed by atoms with Crippen LogP contribution in [0.5, 0.6) is 5.75 Å². The van der Waals surface area contributed by atoms with Gasteiger partial charge in [-0.2, -0.15) is 22.6 Å². The third-order valence-electron chi connectivity index (χ3n) is 3.86. The topological polar surface area (TPSA) is 93.1 Å². The molecule has 0 fully saturated rings. The second kappa shape index (κ2) is 7.64. The van der Waals surface area contributed by atoms with Gasteiger partial charge in [0.15, 0.2) is 0 Å². The molecule has 8 nitrogen and oxygen atoms in total. The van der Waals surface area contributed by atoms with Crippen LogP contribution in [0, 0.1) is 10.1 Å². The van der Waals surface area contributed by atoms with Gasteiger partial charge in [-0.05, 0) is 29.2 Å². The van der Waals surface area contributed by atoms with Gasteiger partial charge in [0.2, 0.25) is 5.82 Å². The van der Waals surface area contributed by atoms with Crippen LogP contribution in [0.2, 0.25) is 0 Å². The summed E-state index contributed by atoms with van der Waals surface area (Å²) in [5.74, 6) is 0.0585. The van der Waals surface area contributed by atoms with Gasteiger partial charge >= 0.3 is 12.0 Å². The number of aliphatic hydroxyl groups excluding tert-OH is 1. The first kappa shape index (κ1) is 19.9. The number of likely N-dealkylation sites (N-methyl/N-ethyl adjacent to an activating group) is 1. The molecule has 28 heavy (non-hydrogen) atoms. The highest BCUT2D eigenvalue weighted by Crippen LogP contribution is 2.31. The number of imidazole rings is 1. The summed E-state index contributed by atoms with van der Waals surface area (Å²) in [6, 6.07) is 4.09. The van der Waals surface area contributed by atoms with E-state index in [1.165, 1.54) is 26.8 Å². The molecule has 1 N–H and O–H groups in total. The minimum absolute atomic E-state index is 0.0215. The predicted octanol–water partition coefficient (Wildman–Crippen LogP) is 3.20. The zero-order valence-electron chi connectivity index (χ0n) is 14.5. The van der Waals surface area contributed by atoms with E-state index in [1.54, 1.807) is 12.4 Å². The Morgan fingerprint density at radius 1 is 1.39 bits per heavy atom. The predicted molar refractivity (Wildman–Crippen MR) is 95.9 cm³/mol. The van der Waals surface area contributed by atoms with Crippen LogP contribution in [-0.4, -0.2) is 45.7 Å². The van der Waals surface area contributed by atoms with Crippen molar-refractivity contribution in [1.29, 1.82) is 0 Å². The molecular formula is C16H15F3N4O4S. The molecule has 12 heteroatoms. The van der Waals surface area contributed by atoms with Gasteiger partial charge in [-0.1, -0.05) is 11.3 Å². The number of nitrogens with zero attached hydrogens (tertiary/aromatic N) is 4. The monoisotopic (exact) mass is 416 g/mol. The second-order valence-electron chi connectivity index (χ2n) is 5.94. The van der Waals surface area contributed by atoms with Crippen LogP contribution in [0.3, 0.4) is 0 Å². The largest absolute Gasteiger partial charge is 0.491 e. The molecule has 2 heterocycles. The molecule has 0 spiro atoms. The van der Waals surface area contributed by atoms with Crippen molar-refractivity contribution >= 4 is 27.9 Å². The smallest absolute Gasteiger partial charge is 0.416 e. The number of alkyl halides is 3. The van der Waals surface area contributed by atoms with E-state index in [-0.39, 0.29) is 30.5 Å². The highest BCUT2D eigenvalue weighted by atomic mass is 32.1. The van der Waals surface area contributed by atoms with Gasteiger partial charge in [-0.25, -0.2) is 0 Å². The Morgan fingerprint density at radius 2 is 2.07 bits per heavy atom. The van der Waals surface area contributed by atoms with E-state index in [1.807, 2.05) is 0 Å². The lowest BCUT2D eigenvalue weighted by Gasteiger charge is -2.20. The molecule has 0 aliphatic carbocycles. The van der Waals surface area contributed by atoms with Crippen LogP contribution in [0.4, 0.5) is 24.8 Å². The number of hydrogen-bond donors (Lipinski definition) is 1. The molecule has 150 valence electrons. The highest BCUT2D eigenvalue weighted by molar-refractivity contribution is 7.15. The van der Waals surface area contributed by atoms with Crippen LogP contribution in [0.15, 0.2) is 35.8 Å². The molecule has 0 saturated carbocycles. The molecule has 0 amide bonds. The number of rotatable bonds is 7. The summed E-state index contributed by atoms with van der Waals surface area (Å²) in [6.45, 7) is -0.224. The van der Waals surface area contributed by atoms with E-state index in [2.05, 4.69) is 4.98 Å². The summed E-state index contributed by atoms with van der Waals surface area (Å²) in [7, 11) is 1.54. The number of ether oxygens (including phenoxy) is 1. The van der Waals surface area contributed by atoms with Crippen molar-refractivity contribution in [2.75, 3.05) is 25.1 Å². The molecule has 3 aromatic rings. The van der Waals surface area contributed by atoms with Crippen LogP contribution >= 0.6 is 11.3 Å².